The molecule has 0 saturated carbocycles. The van der Waals surface area contributed by atoms with Crippen LogP contribution in [0.4, 0.5) is 0 Å². The Balaban J connectivity index is 0.000000174. The Labute approximate surface area is 503 Å². The van der Waals surface area contributed by atoms with Crippen molar-refractivity contribution in [1.29, 1.82) is 0 Å². The van der Waals surface area contributed by atoms with Gasteiger partial charge in [-0.3, -0.25) is 0 Å². The minimum absolute atomic E-state index is 0. The third kappa shape index (κ3) is 11.5. The fourth-order valence-corrected chi connectivity index (χ4v) is 12.8. The molecule has 0 N–H and O–H groups in total. The van der Waals surface area contributed by atoms with Crippen LogP contribution >= 0.6 is 0 Å². The van der Waals surface area contributed by atoms with E-state index in [0.29, 0.717) is 11.8 Å². The molecule has 2 atom stereocenters. The van der Waals surface area contributed by atoms with E-state index in [1.54, 1.807) is 0 Å². The summed E-state index contributed by atoms with van der Waals surface area (Å²) in [4.78, 5) is 0. The summed E-state index contributed by atoms with van der Waals surface area (Å²) in [7, 11) is 0. The van der Waals surface area contributed by atoms with E-state index in [2.05, 4.69) is 300 Å². The first kappa shape index (κ1) is 57.2. The summed E-state index contributed by atoms with van der Waals surface area (Å²) in [5.41, 5.74) is 16.1. The van der Waals surface area contributed by atoms with Crippen molar-refractivity contribution in [3.63, 3.8) is 0 Å². The van der Waals surface area contributed by atoms with E-state index in [0.717, 1.165) is 25.7 Å². The Kier molecular flexibility index (Phi) is 18.3. The van der Waals surface area contributed by atoms with Crippen LogP contribution in [-0.4, -0.2) is 6.88 Å². The monoisotopic (exact) mass is 1150 g/mol. The molecule has 2 radical (unpaired) electrons. The second-order valence-electron chi connectivity index (χ2n) is 21.3. The maximum atomic E-state index is 3.06. The molecule has 2 unspecified atom stereocenters. The summed E-state index contributed by atoms with van der Waals surface area (Å²) in [6.45, 7) is 7.68. The fourth-order valence-electron chi connectivity index (χ4n) is 12.8. The van der Waals surface area contributed by atoms with E-state index in [9.17, 15) is 0 Å². The quantitative estimate of drug-likeness (QED) is 0.0845. The molecule has 0 aliphatic heterocycles. The second kappa shape index (κ2) is 26.3. The van der Waals surface area contributed by atoms with E-state index in [-0.39, 0.29) is 14.9 Å². The van der Waals surface area contributed by atoms with Crippen LogP contribution in [0.2, 0.25) is 0 Å². The van der Waals surface area contributed by atoms with Crippen molar-refractivity contribution in [3.8, 4) is 44.5 Å². The Hall–Kier alpha value is -8.00. The molecule has 0 heterocycles. The van der Waals surface area contributed by atoms with Crippen LogP contribution in [0.25, 0.3) is 109 Å². The topological polar surface area (TPSA) is 0 Å². The van der Waals surface area contributed by atoms with Crippen LogP contribution < -0.4 is 0 Å². The molecule has 0 fully saturated rings. The number of hydrogen-bond donors (Lipinski definition) is 0. The van der Waals surface area contributed by atoms with E-state index in [1.807, 2.05) is 0 Å². The number of hydrogen-bond acceptors (Lipinski definition) is 0. The van der Waals surface area contributed by atoms with Gasteiger partial charge in [-0.15, -0.1) is 44.8 Å². The first-order valence-corrected chi connectivity index (χ1v) is 32.5. The first-order chi connectivity index (χ1) is 39.6. The molecular weight excluding hydrogens is 1080 g/mol. The van der Waals surface area contributed by atoms with Gasteiger partial charge in [-0.2, -0.15) is 12.1 Å². The van der Waals surface area contributed by atoms with E-state index >= 15 is 0 Å². The number of fused-ring (bicyclic) bond motifs is 6. The molecule has 0 spiro atoms. The van der Waals surface area contributed by atoms with Crippen molar-refractivity contribution in [2.75, 3.05) is 0 Å². The molecule has 0 saturated heterocycles. The average Bonchev–Trinajstić information content (AvgIpc) is 3.63. The molecule has 82 heavy (non-hydrogen) atoms. The summed E-state index contributed by atoms with van der Waals surface area (Å²) in [6, 6.07) is 103. The molecule has 14 aromatic rings. The van der Waals surface area contributed by atoms with Gasteiger partial charge < -0.3 is 14.9 Å². The zero-order valence-corrected chi connectivity index (χ0v) is 51.0. The average molecular weight is 1150 g/mol. The maximum absolute atomic E-state index is 3.06. The molecule has 0 bridgehead atoms. The molecule has 0 aliphatic rings. The van der Waals surface area contributed by atoms with Gasteiger partial charge >= 0.3 is 30.2 Å². The predicted octanol–water partition coefficient (Wildman–Crippen LogP) is 22.4. The van der Waals surface area contributed by atoms with Gasteiger partial charge in [-0.05, 0) is 103 Å². The van der Waals surface area contributed by atoms with Gasteiger partial charge in [-0.25, -0.2) is 0 Å². The zero-order chi connectivity index (χ0) is 54.4. The molecule has 14 rings (SSSR count). The third-order valence-electron chi connectivity index (χ3n) is 16.7. The van der Waals surface area contributed by atoms with Crippen molar-refractivity contribution in [2.45, 2.75) is 51.4 Å². The molecule has 14 aromatic carbocycles. The zero-order valence-electron chi connectivity index (χ0n) is 47.5. The van der Waals surface area contributed by atoms with Crippen molar-refractivity contribution in [3.05, 3.63) is 316 Å². The summed E-state index contributed by atoms with van der Waals surface area (Å²) in [5.74, 6) is 1.01. The molecule has 400 valence electrons. The summed E-state index contributed by atoms with van der Waals surface area (Å²) in [5, 5.41) is 15.7. The number of rotatable bonds is 12. The van der Waals surface area contributed by atoms with Gasteiger partial charge in [-0.1, -0.05) is 302 Å². The molecule has 2 heteroatoms. The van der Waals surface area contributed by atoms with E-state index in [1.165, 1.54) is 155 Å². The van der Waals surface area contributed by atoms with Gasteiger partial charge in [0.25, 0.3) is 0 Å². The fraction of sp³-hybridized carbons (Fsp3) is 0.100. The molecule has 0 nitrogen and oxygen atoms in total. The van der Waals surface area contributed by atoms with Gasteiger partial charge in [0.05, 0.1) is 0 Å². The van der Waals surface area contributed by atoms with Crippen molar-refractivity contribution >= 4 is 71.5 Å². The first-order valence-electron chi connectivity index (χ1n) is 28.3. The third-order valence-corrected chi connectivity index (χ3v) is 16.7. The predicted molar refractivity (Wildman–Crippen MR) is 356 cm³/mol. The number of benzene rings is 12. The van der Waals surface area contributed by atoms with E-state index in [4.69, 9.17) is 0 Å². The van der Waals surface area contributed by atoms with Gasteiger partial charge in [0.15, 0.2) is 0 Å². The Morgan fingerprint density at radius 2 is 0.549 bits per heavy atom. The second-order valence-corrected chi connectivity index (χ2v) is 21.3. The van der Waals surface area contributed by atoms with E-state index < -0.39 is 0 Å². The SMILES string of the molecule is CCC(Cc1cc2c(-c3cccc4ccccc34)ccc(-c3cccc4ccccc34)c2[cH-]1)c1ccccc1.CCC(Cc1cc2c(-c3cccc4ccccc34)ccc(-c3cccc4ccccc34)c2[cH-]1)c1ccccc1.[CH3-].[CH3-].[Si]=[Zr]. The Bertz CT molecular complexity index is 3910. The molecule has 0 aliphatic carbocycles. The Morgan fingerprint density at radius 1 is 0.293 bits per heavy atom. The van der Waals surface area contributed by atoms with Crippen molar-refractivity contribution < 1.29 is 23.3 Å². The van der Waals surface area contributed by atoms with Crippen LogP contribution in [0.5, 0.6) is 0 Å². The van der Waals surface area contributed by atoms with Crippen LogP contribution in [0.1, 0.15) is 60.8 Å². The summed E-state index contributed by atoms with van der Waals surface area (Å²) in [6.07, 6.45) is 4.33. The van der Waals surface area contributed by atoms with Gasteiger partial charge in [0.1, 0.15) is 0 Å². The minimum atomic E-state index is 0. The standard InChI is InChI=1S/2C39H31.2CH3.Si.Zr/c2*1-2-28(29-12-4-3-5-13-29)24-27-25-38-36(34-20-10-16-30-14-6-8-18-32(30)34)22-23-37(39(38)26-27)35-21-11-17-31-15-7-9-19-33(31)35;;;;/h2*3-23,25-26,28H,2,24H2,1H3;2*1H3;;/q4*-1;;. The van der Waals surface area contributed by atoms with Crippen LogP contribution in [0.15, 0.2) is 279 Å². The van der Waals surface area contributed by atoms with Crippen LogP contribution in [0, 0.1) is 14.9 Å². The van der Waals surface area contributed by atoms with Gasteiger partial charge in [0, 0.05) is 0 Å². The van der Waals surface area contributed by atoms with Crippen LogP contribution in [-0.2, 0) is 36.2 Å². The summed E-state index contributed by atoms with van der Waals surface area (Å²) < 4.78 is 0. The molecule has 0 amide bonds. The molecular formula is C80H68SiZr-4. The summed E-state index contributed by atoms with van der Waals surface area (Å²) >= 11 is 1.36. The Morgan fingerprint density at radius 3 is 0.866 bits per heavy atom. The normalized spacial score (nSPS) is 11.8. The van der Waals surface area contributed by atoms with Crippen molar-refractivity contribution in [2.24, 2.45) is 0 Å². The van der Waals surface area contributed by atoms with Crippen molar-refractivity contribution in [1.82, 2.24) is 0 Å². The van der Waals surface area contributed by atoms with Gasteiger partial charge in [0.2, 0.25) is 0 Å². The molecule has 0 aromatic heterocycles. The van der Waals surface area contributed by atoms with Crippen LogP contribution in [0.3, 0.4) is 0 Å².